The number of hydrogen-bond acceptors (Lipinski definition) is 2. The molecule has 2 heteroatoms. The van der Waals surface area contributed by atoms with Crippen LogP contribution in [-0.2, 0) is 0 Å². The molecule has 96 valence electrons. The first kappa shape index (κ1) is 12.9. The molecule has 0 saturated heterocycles. The summed E-state index contributed by atoms with van der Waals surface area (Å²) >= 11 is 0. The fraction of sp³-hybridized carbons (Fsp3) is 0.375. The van der Waals surface area contributed by atoms with E-state index >= 15 is 0 Å². The van der Waals surface area contributed by atoms with Crippen LogP contribution in [0.5, 0.6) is 0 Å². The Morgan fingerprint density at radius 3 is 2.44 bits per heavy atom. The average Bonchev–Trinajstić information content (AvgIpc) is 2.81. The SMILES string of the molecule is Cc1ccc(C(C)NC(C)c2ccco2)c(C)c1. The highest BCUT2D eigenvalue weighted by Crippen LogP contribution is 2.22. The molecule has 0 aliphatic heterocycles. The molecule has 0 saturated carbocycles. The molecule has 1 N–H and O–H groups in total. The molecule has 2 atom stereocenters. The van der Waals surface area contributed by atoms with Crippen molar-refractivity contribution in [3.05, 3.63) is 59.0 Å². The van der Waals surface area contributed by atoms with Gasteiger partial charge in [-0.3, -0.25) is 0 Å². The van der Waals surface area contributed by atoms with Crippen LogP contribution < -0.4 is 5.32 Å². The third-order valence-electron chi connectivity index (χ3n) is 3.36. The van der Waals surface area contributed by atoms with Crippen LogP contribution in [-0.4, -0.2) is 0 Å². The molecule has 0 fully saturated rings. The molecule has 1 heterocycles. The Balaban J connectivity index is 2.10. The van der Waals surface area contributed by atoms with Gasteiger partial charge < -0.3 is 9.73 Å². The zero-order chi connectivity index (χ0) is 13.1. The highest BCUT2D eigenvalue weighted by Gasteiger charge is 2.14. The Hall–Kier alpha value is -1.54. The second-order valence-electron chi connectivity index (χ2n) is 4.99. The summed E-state index contributed by atoms with van der Waals surface area (Å²) in [6, 6.07) is 11.1. The van der Waals surface area contributed by atoms with E-state index in [0.29, 0.717) is 6.04 Å². The molecule has 1 aromatic heterocycles. The van der Waals surface area contributed by atoms with Crippen molar-refractivity contribution in [2.75, 3.05) is 0 Å². The first-order chi connectivity index (χ1) is 8.58. The molecule has 1 aromatic carbocycles. The largest absolute Gasteiger partial charge is 0.468 e. The van der Waals surface area contributed by atoms with Crippen LogP contribution in [0.1, 0.15) is 48.4 Å². The second kappa shape index (κ2) is 5.40. The number of benzene rings is 1. The van der Waals surface area contributed by atoms with E-state index < -0.39 is 0 Å². The van der Waals surface area contributed by atoms with Crippen molar-refractivity contribution in [1.82, 2.24) is 5.32 Å². The first-order valence-corrected chi connectivity index (χ1v) is 6.44. The van der Waals surface area contributed by atoms with Gasteiger partial charge >= 0.3 is 0 Å². The number of hydrogen-bond donors (Lipinski definition) is 1. The summed E-state index contributed by atoms with van der Waals surface area (Å²) in [5.41, 5.74) is 3.99. The molecule has 0 radical (unpaired) electrons. The monoisotopic (exact) mass is 243 g/mol. The van der Waals surface area contributed by atoms with Gasteiger partial charge in [0, 0.05) is 6.04 Å². The summed E-state index contributed by atoms with van der Waals surface area (Å²) in [6.45, 7) is 8.61. The molecule has 2 rings (SSSR count). The molecular formula is C16H21NO. The third-order valence-corrected chi connectivity index (χ3v) is 3.36. The summed E-state index contributed by atoms with van der Waals surface area (Å²) in [6.07, 6.45) is 1.72. The molecule has 2 nitrogen and oxygen atoms in total. The van der Waals surface area contributed by atoms with Gasteiger partial charge in [-0.15, -0.1) is 0 Å². The normalized spacial score (nSPS) is 14.4. The van der Waals surface area contributed by atoms with Crippen molar-refractivity contribution in [3.8, 4) is 0 Å². The van der Waals surface area contributed by atoms with Crippen LogP contribution in [0.2, 0.25) is 0 Å². The van der Waals surface area contributed by atoms with Crippen LogP contribution in [0.3, 0.4) is 0 Å². The van der Waals surface area contributed by atoms with E-state index in [9.17, 15) is 0 Å². The lowest BCUT2D eigenvalue weighted by atomic mass is 9.99. The standard InChI is InChI=1S/C16H21NO/c1-11-7-8-15(12(2)10-11)13(3)17-14(4)16-6-5-9-18-16/h5-10,13-14,17H,1-4H3. The van der Waals surface area contributed by atoms with Gasteiger partial charge in [0.15, 0.2) is 0 Å². The van der Waals surface area contributed by atoms with Crippen LogP contribution in [0.15, 0.2) is 41.0 Å². The molecule has 18 heavy (non-hydrogen) atoms. The van der Waals surface area contributed by atoms with E-state index in [1.165, 1.54) is 16.7 Å². The number of aryl methyl sites for hydroxylation is 2. The van der Waals surface area contributed by atoms with Gasteiger partial charge in [0.1, 0.15) is 5.76 Å². The van der Waals surface area contributed by atoms with E-state index in [2.05, 4.69) is 51.2 Å². The Kier molecular flexibility index (Phi) is 3.87. The van der Waals surface area contributed by atoms with Crippen molar-refractivity contribution in [3.63, 3.8) is 0 Å². The predicted molar refractivity (Wildman–Crippen MR) is 74.6 cm³/mol. The van der Waals surface area contributed by atoms with Crippen molar-refractivity contribution in [2.24, 2.45) is 0 Å². The van der Waals surface area contributed by atoms with Gasteiger partial charge in [-0.2, -0.15) is 0 Å². The fourth-order valence-electron chi connectivity index (χ4n) is 2.40. The van der Waals surface area contributed by atoms with E-state index in [1.54, 1.807) is 6.26 Å². The minimum absolute atomic E-state index is 0.218. The maximum absolute atomic E-state index is 5.42. The van der Waals surface area contributed by atoms with E-state index in [-0.39, 0.29) is 6.04 Å². The zero-order valence-electron chi connectivity index (χ0n) is 11.5. The van der Waals surface area contributed by atoms with E-state index in [1.807, 2.05) is 12.1 Å². The maximum Gasteiger partial charge on any atom is 0.120 e. The van der Waals surface area contributed by atoms with Crippen molar-refractivity contribution < 1.29 is 4.42 Å². The topological polar surface area (TPSA) is 25.2 Å². The summed E-state index contributed by atoms with van der Waals surface area (Å²) in [7, 11) is 0. The Morgan fingerprint density at radius 2 is 1.83 bits per heavy atom. The van der Waals surface area contributed by atoms with E-state index in [0.717, 1.165) is 5.76 Å². The summed E-state index contributed by atoms with van der Waals surface area (Å²) in [4.78, 5) is 0. The minimum Gasteiger partial charge on any atom is -0.468 e. The lowest BCUT2D eigenvalue weighted by Crippen LogP contribution is -2.22. The molecule has 0 bridgehead atoms. The molecule has 0 amide bonds. The Morgan fingerprint density at radius 1 is 1.06 bits per heavy atom. The van der Waals surface area contributed by atoms with Gasteiger partial charge in [-0.1, -0.05) is 23.8 Å². The fourth-order valence-corrected chi connectivity index (χ4v) is 2.40. The molecule has 0 aliphatic carbocycles. The second-order valence-corrected chi connectivity index (χ2v) is 4.99. The first-order valence-electron chi connectivity index (χ1n) is 6.44. The lowest BCUT2D eigenvalue weighted by Gasteiger charge is -2.20. The Labute approximate surface area is 109 Å². The van der Waals surface area contributed by atoms with E-state index in [4.69, 9.17) is 4.42 Å². The Bertz CT molecular complexity index is 502. The van der Waals surface area contributed by atoms with Crippen LogP contribution in [0.4, 0.5) is 0 Å². The van der Waals surface area contributed by atoms with Crippen molar-refractivity contribution in [1.29, 1.82) is 0 Å². The van der Waals surface area contributed by atoms with Gasteiger partial charge in [0.25, 0.3) is 0 Å². The minimum atomic E-state index is 0.218. The third kappa shape index (κ3) is 2.82. The quantitative estimate of drug-likeness (QED) is 0.865. The average molecular weight is 243 g/mol. The maximum atomic E-state index is 5.42. The van der Waals surface area contributed by atoms with Gasteiger partial charge in [0.05, 0.1) is 12.3 Å². The highest BCUT2D eigenvalue weighted by molar-refractivity contribution is 5.32. The molecule has 0 spiro atoms. The van der Waals surface area contributed by atoms with Crippen molar-refractivity contribution >= 4 is 0 Å². The van der Waals surface area contributed by atoms with Crippen LogP contribution in [0.25, 0.3) is 0 Å². The lowest BCUT2D eigenvalue weighted by molar-refractivity contribution is 0.402. The highest BCUT2D eigenvalue weighted by atomic mass is 16.3. The van der Waals surface area contributed by atoms with Crippen LogP contribution in [0, 0.1) is 13.8 Å². The van der Waals surface area contributed by atoms with Gasteiger partial charge in [-0.25, -0.2) is 0 Å². The predicted octanol–water partition coefficient (Wildman–Crippen LogP) is 4.31. The molecular weight excluding hydrogens is 222 g/mol. The molecule has 2 aromatic rings. The van der Waals surface area contributed by atoms with Gasteiger partial charge in [0.2, 0.25) is 0 Å². The summed E-state index contributed by atoms with van der Waals surface area (Å²) < 4.78 is 5.42. The number of nitrogens with one attached hydrogen (secondary N) is 1. The number of rotatable bonds is 4. The zero-order valence-corrected chi connectivity index (χ0v) is 11.5. The van der Waals surface area contributed by atoms with Gasteiger partial charge in [-0.05, 0) is 51.0 Å². The smallest absolute Gasteiger partial charge is 0.120 e. The van der Waals surface area contributed by atoms with Crippen molar-refractivity contribution in [2.45, 2.75) is 39.8 Å². The summed E-state index contributed by atoms with van der Waals surface area (Å²) in [5, 5.41) is 3.57. The number of furan rings is 1. The molecule has 0 aliphatic rings. The molecule has 2 unspecified atom stereocenters. The summed E-state index contributed by atoms with van der Waals surface area (Å²) in [5.74, 6) is 0.978. The van der Waals surface area contributed by atoms with Crippen LogP contribution >= 0.6 is 0 Å².